The van der Waals surface area contributed by atoms with E-state index in [9.17, 15) is 14.4 Å². The molecule has 0 spiro atoms. The standard InChI is InChI=1S/C19H15BrO6/c1-24-16(21)14-15(18(23)25-2)19(10-20,26-17(14)22)13-8-7-11-5-3-4-6-12(11)9-13/h3-9H,10H2,1-2H3. The quantitative estimate of drug-likeness (QED) is 0.328. The molecule has 134 valence electrons. The Balaban J connectivity index is 2.28. The first-order chi connectivity index (χ1) is 12.5. The molecular formula is C19H15BrO6. The van der Waals surface area contributed by atoms with Gasteiger partial charge in [0.1, 0.15) is 5.57 Å². The lowest BCUT2D eigenvalue weighted by atomic mass is 9.85. The van der Waals surface area contributed by atoms with E-state index in [0.717, 1.165) is 17.9 Å². The molecule has 0 radical (unpaired) electrons. The van der Waals surface area contributed by atoms with Gasteiger partial charge in [0.05, 0.1) is 19.5 Å². The predicted octanol–water partition coefficient (Wildman–Crippen LogP) is 2.63. The molecular weight excluding hydrogens is 404 g/mol. The molecule has 2 aromatic rings. The van der Waals surface area contributed by atoms with Crippen LogP contribution in [0.25, 0.3) is 10.8 Å². The molecule has 26 heavy (non-hydrogen) atoms. The van der Waals surface area contributed by atoms with E-state index < -0.39 is 29.1 Å². The summed E-state index contributed by atoms with van der Waals surface area (Å²) in [5.74, 6) is -2.70. The van der Waals surface area contributed by atoms with Crippen LogP contribution >= 0.6 is 15.9 Å². The number of hydrogen-bond donors (Lipinski definition) is 0. The van der Waals surface area contributed by atoms with Crippen molar-refractivity contribution in [3.8, 4) is 0 Å². The summed E-state index contributed by atoms with van der Waals surface area (Å²) in [5.41, 5.74) is -1.57. The van der Waals surface area contributed by atoms with Crippen LogP contribution in [-0.2, 0) is 34.2 Å². The van der Waals surface area contributed by atoms with E-state index >= 15 is 0 Å². The number of hydrogen-bond acceptors (Lipinski definition) is 6. The number of carbonyl (C=O) groups is 3. The zero-order valence-corrected chi connectivity index (χ0v) is 15.7. The predicted molar refractivity (Wildman–Crippen MR) is 96.6 cm³/mol. The highest BCUT2D eigenvalue weighted by atomic mass is 79.9. The lowest BCUT2D eigenvalue weighted by Crippen LogP contribution is -2.35. The van der Waals surface area contributed by atoms with Crippen molar-refractivity contribution in [3.05, 3.63) is 59.2 Å². The largest absolute Gasteiger partial charge is 0.466 e. The van der Waals surface area contributed by atoms with Crippen LogP contribution in [0.2, 0.25) is 0 Å². The van der Waals surface area contributed by atoms with Gasteiger partial charge < -0.3 is 14.2 Å². The summed E-state index contributed by atoms with van der Waals surface area (Å²) in [4.78, 5) is 37.0. The highest BCUT2D eigenvalue weighted by Crippen LogP contribution is 2.44. The number of alkyl halides is 1. The minimum atomic E-state index is -1.49. The third-order valence-corrected chi connectivity index (χ3v) is 5.10. The van der Waals surface area contributed by atoms with Gasteiger partial charge in [-0.1, -0.05) is 52.3 Å². The highest BCUT2D eigenvalue weighted by Gasteiger charge is 2.54. The molecule has 0 fully saturated rings. The van der Waals surface area contributed by atoms with Crippen LogP contribution in [0, 0.1) is 0 Å². The molecule has 0 amide bonds. The number of halogens is 1. The number of benzene rings is 2. The van der Waals surface area contributed by atoms with Gasteiger partial charge in [-0.15, -0.1) is 0 Å². The Morgan fingerprint density at radius 2 is 1.69 bits per heavy atom. The van der Waals surface area contributed by atoms with Gasteiger partial charge in [-0.2, -0.15) is 0 Å². The molecule has 1 unspecified atom stereocenters. The number of carbonyl (C=O) groups excluding carboxylic acids is 3. The van der Waals surface area contributed by atoms with Crippen LogP contribution in [0.5, 0.6) is 0 Å². The number of rotatable bonds is 4. The fourth-order valence-corrected chi connectivity index (χ4v) is 3.75. The fraction of sp³-hybridized carbons (Fsp3) is 0.211. The average molecular weight is 419 g/mol. The molecule has 3 rings (SSSR count). The fourth-order valence-electron chi connectivity index (χ4n) is 3.04. The first-order valence-corrected chi connectivity index (χ1v) is 8.80. The highest BCUT2D eigenvalue weighted by molar-refractivity contribution is 9.09. The second-order valence-electron chi connectivity index (χ2n) is 5.65. The summed E-state index contributed by atoms with van der Waals surface area (Å²) in [5, 5.41) is 1.95. The van der Waals surface area contributed by atoms with E-state index in [1.54, 1.807) is 6.07 Å². The third-order valence-electron chi connectivity index (χ3n) is 4.31. The summed E-state index contributed by atoms with van der Waals surface area (Å²) in [6.07, 6.45) is 0. The zero-order chi connectivity index (χ0) is 18.9. The van der Waals surface area contributed by atoms with E-state index in [-0.39, 0.29) is 10.9 Å². The van der Waals surface area contributed by atoms with Crippen LogP contribution in [0.15, 0.2) is 53.6 Å². The minimum absolute atomic E-state index is 0.0645. The maximum absolute atomic E-state index is 12.5. The summed E-state index contributed by atoms with van der Waals surface area (Å²) in [6, 6.07) is 13.1. The molecule has 0 saturated heterocycles. The summed E-state index contributed by atoms with van der Waals surface area (Å²) in [6.45, 7) is 0. The van der Waals surface area contributed by atoms with Crippen molar-refractivity contribution in [2.24, 2.45) is 0 Å². The lowest BCUT2D eigenvalue weighted by molar-refractivity contribution is -0.149. The van der Waals surface area contributed by atoms with Crippen molar-refractivity contribution < 1.29 is 28.6 Å². The Morgan fingerprint density at radius 1 is 1.04 bits per heavy atom. The third kappa shape index (κ3) is 2.68. The molecule has 2 aromatic carbocycles. The molecule has 0 N–H and O–H groups in total. The molecule has 0 saturated carbocycles. The Kier molecular flexibility index (Phi) is 4.82. The van der Waals surface area contributed by atoms with Gasteiger partial charge in [-0.25, -0.2) is 14.4 Å². The van der Waals surface area contributed by atoms with E-state index in [1.165, 1.54) is 7.11 Å². The number of fused-ring (bicyclic) bond motifs is 1. The Bertz CT molecular complexity index is 948. The van der Waals surface area contributed by atoms with E-state index in [4.69, 9.17) is 9.47 Å². The van der Waals surface area contributed by atoms with Gasteiger partial charge in [0.25, 0.3) is 0 Å². The molecule has 1 atom stereocenters. The summed E-state index contributed by atoms with van der Waals surface area (Å²) in [7, 11) is 2.30. The Hall–Kier alpha value is -2.67. The second-order valence-corrected chi connectivity index (χ2v) is 6.21. The van der Waals surface area contributed by atoms with Gasteiger partial charge in [0.15, 0.2) is 11.2 Å². The van der Waals surface area contributed by atoms with Crippen LogP contribution in [0.3, 0.4) is 0 Å². The zero-order valence-electron chi connectivity index (χ0n) is 14.1. The van der Waals surface area contributed by atoms with Crippen LogP contribution < -0.4 is 0 Å². The molecule has 0 bridgehead atoms. The molecule has 1 aliphatic rings. The van der Waals surface area contributed by atoms with Gasteiger partial charge in [0.2, 0.25) is 0 Å². The van der Waals surface area contributed by atoms with Crippen LogP contribution in [0.1, 0.15) is 5.56 Å². The first-order valence-electron chi connectivity index (χ1n) is 7.68. The van der Waals surface area contributed by atoms with Crippen molar-refractivity contribution in [2.75, 3.05) is 19.5 Å². The average Bonchev–Trinajstić information content (AvgIpc) is 2.99. The normalized spacial score (nSPS) is 19.4. The minimum Gasteiger partial charge on any atom is -0.466 e. The van der Waals surface area contributed by atoms with E-state index in [1.807, 2.05) is 36.4 Å². The molecule has 6 nitrogen and oxygen atoms in total. The first kappa shape index (κ1) is 18.1. The van der Waals surface area contributed by atoms with E-state index in [2.05, 4.69) is 20.7 Å². The van der Waals surface area contributed by atoms with Crippen LogP contribution in [-0.4, -0.2) is 37.5 Å². The van der Waals surface area contributed by atoms with Gasteiger partial charge >= 0.3 is 17.9 Å². The monoisotopic (exact) mass is 418 g/mol. The maximum atomic E-state index is 12.5. The summed E-state index contributed by atoms with van der Waals surface area (Å²) >= 11 is 3.33. The van der Waals surface area contributed by atoms with Crippen molar-refractivity contribution >= 4 is 44.6 Å². The SMILES string of the molecule is COC(=O)C1=C(C(=O)OC)C(CBr)(c2ccc3ccccc3c2)OC1=O. The van der Waals surface area contributed by atoms with Crippen molar-refractivity contribution in [2.45, 2.75) is 5.60 Å². The maximum Gasteiger partial charge on any atom is 0.347 e. The molecule has 1 heterocycles. The van der Waals surface area contributed by atoms with Crippen LogP contribution in [0.4, 0.5) is 0 Å². The molecule has 0 aliphatic carbocycles. The van der Waals surface area contributed by atoms with Gasteiger partial charge in [0, 0.05) is 5.56 Å². The van der Waals surface area contributed by atoms with Crippen molar-refractivity contribution in [3.63, 3.8) is 0 Å². The Labute approximate surface area is 157 Å². The number of cyclic esters (lactones) is 1. The molecule has 7 heteroatoms. The smallest absolute Gasteiger partial charge is 0.347 e. The Morgan fingerprint density at radius 3 is 2.31 bits per heavy atom. The van der Waals surface area contributed by atoms with Gasteiger partial charge in [-0.05, 0) is 16.8 Å². The lowest BCUT2D eigenvalue weighted by Gasteiger charge is -2.28. The molecule has 1 aliphatic heterocycles. The van der Waals surface area contributed by atoms with Crippen molar-refractivity contribution in [1.82, 2.24) is 0 Å². The summed E-state index contributed by atoms with van der Waals surface area (Å²) < 4.78 is 15.0. The number of methoxy groups -OCH3 is 2. The molecule has 0 aromatic heterocycles. The van der Waals surface area contributed by atoms with Crippen molar-refractivity contribution in [1.29, 1.82) is 0 Å². The number of ether oxygens (including phenoxy) is 3. The topological polar surface area (TPSA) is 78.9 Å². The second kappa shape index (κ2) is 6.92. The number of esters is 3. The van der Waals surface area contributed by atoms with E-state index in [0.29, 0.717) is 5.56 Å². The van der Waals surface area contributed by atoms with Gasteiger partial charge in [-0.3, -0.25) is 0 Å².